The highest BCUT2D eigenvalue weighted by Gasteiger charge is 2.45. The standard InChI is InChI=1S/C14H19NO3/c1-16-11-5-4-10-3-2-6-14(13(10)7-11)17-9-12(8-15)18-14/h4-5,7,12H,2-3,6,8-9,15H2,1H3. The summed E-state index contributed by atoms with van der Waals surface area (Å²) in [5.74, 6) is 0.255. The molecular weight excluding hydrogens is 230 g/mol. The van der Waals surface area contributed by atoms with Gasteiger partial charge in [-0.1, -0.05) is 6.07 Å². The van der Waals surface area contributed by atoms with Crippen molar-refractivity contribution in [3.63, 3.8) is 0 Å². The van der Waals surface area contributed by atoms with Crippen LogP contribution in [-0.2, 0) is 21.7 Å². The van der Waals surface area contributed by atoms with Crippen molar-refractivity contribution in [1.29, 1.82) is 0 Å². The van der Waals surface area contributed by atoms with Crippen molar-refractivity contribution in [2.24, 2.45) is 5.73 Å². The maximum Gasteiger partial charge on any atom is 0.195 e. The van der Waals surface area contributed by atoms with Gasteiger partial charge in [-0.25, -0.2) is 0 Å². The number of aryl methyl sites for hydroxylation is 1. The fourth-order valence-corrected chi connectivity index (χ4v) is 2.85. The van der Waals surface area contributed by atoms with E-state index < -0.39 is 5.79 Å². The molecule has 1 saturated heterocycles. The fraction of sp³-hybridized carbons (Fsp3) is 0.571. The summed E-state index contributed by atoms with van der Waals surface area (Å²) in [6, 6.07) is 6.14. The van der Waals surface area contributed by atoms with E-state index >= 15 is 0 Å². The molecule has 0 amide bonds. The summed E-state index contributed by atoms with van der Waals surface area (Å²) >= 11 is 0. The van der Waals surface area contributed by atoms with Crippen molar-refractivity contribution in [2.75, 3.05) is 20.3 Å². The average Bonchev–Trinajstić information content (AvgIpc) is 2.83. The predicted octanol–water partition coefficient (Wildman–Crippen LogP) is 1.56. The molecule has 98 valence electrons. The van der Waals surface area contributed by atoms with Crippen LogP contribution in [0.2, 0.25) is 0 Å². The molecule has 1 aromatic carbocycles. The SMILES string of the molecule is COc1ccc2c(c1)C1(CCC2)OCC(CN)O1. The minimum atomic E-state index is -0.591. The molecule has 0 radical (unpaired) electrons. The number of hydrogen-bond acceptors (Lipinski definition) is 4. The van der Waals surface area contributed by atoms with E-state index in [-0.39, 0.29) is 6.10 Å². The van der Waals surface area contributed by atoms with Gasteiger partial charge in [0.25, 0.3) is 0 Å². The van der Waals surface area contributed by atoms with E-state index in [2.05, 4.69) is 6.07 Å². The minimum absolute atomic E-state index is 0.00199. The highest BCUT2D eigenvalue weighted by molar-refractivity contribution is 5.40. The number of benzene rings is 1. The van der Waals surface area contributed by atoms with Crippen molar-refractivity contribution in [3.8, 4) is 5.75 Å². The number of rotatable bonds is 2. The molecule has 1 aliphatic carbocycles. The minimum Gasteiger partial charge on any atom is -0.497 e. The zero-order chi connectivity index (χ0) is 12.6. The fourth-order valence-electron chi connectivity index (χ4n) is 2.85. The van der Waals surface area contributed by atoms with Crippen LogP contribution in [0.15, 0.2) is 18.2 Å². The van der Waals surface area contributed by atoms with Gasteiger partial charge in [0.2, 0.25) is 0 Å². The van der Waals surface area contributed by atoms with Gasteiger partial charge in [0.05, 0.1) is 19.8 Å². The van der Waals surface area contributed by atoms with Gasteiger partial charge in [0, 0.05) is 18.5 Å². The largest absolute Gasteiger partial charge is 0.497 e. The number of ether oxygens (including phenoxy) is 3. The second-order valence-corrected chi connectivity index (χ2v) is 4.92. The maximum absolute atomic E-state index is 6.06. The molecule has 2 atom stereocenters. The molecule has 1 fully saturated rings. The van der Waals surface area contributed by atoms with Gasteiger partial charge in [-0.3, -0.25) is 0 Å². The lowest BCUT2D eigenvalue weighted by molar-refractivity contribution is -0.185. The maximum atomic E-state index is 6.06. The van der Waals surface area contributed by atoms with E-state index in [9.17, 15) is 0 Å². The van der Waals surface area contributed by atoms with Crippen LogP contribution in [0.1, 0.15) is 24.0 Å². The highest BCUT2D eigenvalue weighted by atomic mass is 16.7. The molecule has 0 aromatic heterocycles. The molecule has 4 nitrogen and oxygen atoms in total. The molecule has 2 N–H and O–H groups in total. The first-order valence-corrected chi connectivity index (χ1v) is 6.46. The van der Waals surface area contributed by atoms with Crippen LogP contribution in [0.3, 0.4) is 0 Å². The van der Waals surface area contributed by atoms with Crippen LogP contribution in [0.5, 0.6) is 5.75 Å². The van der Waals surface area contributed by atoms with Gasteiger partial charge in [0.15, 0.2) is 5.79 Å². The summed E-state index contributed by atoms with van der Waals surface area (Å²) in [4.78, 5) is 0. The van der Waals surface area contributed by atoms with Crippen LogP contribution in [-0.4, -0.2) is 26.4 Å². The zero-order valence-electron chi connectivity index (χ0n) is 10.6. The Bertz CT molecular complexity index is 449. The molecule has 1 heterocycles. The second kappa shape index (κ2) is 4.53. The van der Waals surface area contributed by atoms with Gasteiger partial charge in [0.1, 0.15) is 5.75 Å². The zero-order valence-corrected chi connectivity index (χ0v) is 10.6. The average molecular weight is 249 g/mol. The predicted molar refractivity (Wildman–Crippen MR) is 67.5 cm³/mol. The van der Waals surface area contributed by atoms with Crippen molar-refractivity contribution in [1.82, 2.24) is 0 Å². The topological polar surface area (TPSA) is 53.7 Å². The van der Waals surface area contributed by atoms with Crippen molar-refractivity contribution in [3.05, 3.63) is 29.3 Å². The van der Waals surface area contributed by atoms with Crippen LogP contribution in [0, 0.1) is 0 Å². The van der Waals surface area contributed by atoms with Gasteiger partial charge in [-0.05, 0) is 30.5 Å². The Morgan fingerprint density at radius 2 is 2.39 bits per heavy atom. The van der Waals surface area contributed by atoms with Crippen molar-refractivity contribution < 1.29 is 14.2 Å². The van der Waals surface area contributed by atoms with E-state index in [1.54, 1.807) is 7.11 Å². The second-order valence-electron chi connectivity index (χ2n) is 4.92. The van der Waals surface area contributed by atoms with Gasteiger partial charge < -0.3 is 19.9 Å². The molecule has 2 unspecified atom stereocenters. The normalized spacial score (nSPS) is 30.4. The number of methoxy groups -OCH3 is 1. The summed E-state index contributed by atoms with van der Waals surface area (Å²) < 4.78 is 17.3. The first-order valence-electron chi connectivity index (χ1n) is 6.46. The lowest BCUT2D eigenvalue weighted by Crippen LogP contribution is -2.33. The van der Waals surface area contributed by atoms with E-state index in [4.69, 9.17) is 19.9 Å². The number of fused-ring (bicyclic) bond motifs is 2. The molecule has 3 rings (SSSR count). The molecule has 1 spiro atoms. The molecule has 0 saturated carbocycles. The van der Waals surface area contributed by atoms with Crippen LogP contribution >= 0.6 is 0 Å². The van der Waals surface area contributed by atoms with E-state index in [1.165, 1.54) is 5.56 Å². The Morgan fingerprint density at radius 1 is 1.50 bits per heavy atom. The van der Waals surface area contributed by atoms with Crippen LogP contribution in [0.25, 0.3) is 0 Å². The third-order valence-electron chi connectivity index (χ3n) is 3.80. The van der Waals surface area contributed by atoms with Crippen molar-refractivity contribution >= 4 is 0 Å². The summed E-state index contributed by atoms with van der Waals surface area (Å²) in [5.41, 5.74) is 8.08. The lowest BCUT2D eigenvalue weighted by Gasteiger charge is -2.34. The first kappa shape index (κ1) is 12.0. The molecular formula is C14H19NO3. The monoisotopic (exact) mass is 249 g/mol. The summed E-state index contributed by atoms with van der Waals surface area (Å²) in [5, 5.41) is 0. The Kier molecular flexibility index (Phi) is 3.01. The smallest absolute Gasteiger partial charge is 0.195 e. The summed E-state index contributed by atoms with van der Waals surface area (Å²) in [6.07, 6.45) is 3.05. The molecule has 1 aliphatic heterocycles. The third kappa shape index (κ3) is 1.81. The Hall–Kier alpha value is -1.10. The summed E-state index contributed by atoms with van der Waals surface area (Å²) in [6.45, 7) is 1.08. The quantitative estimate of drug-likeness (QED) is 0.864. The molecule has 0 bridgehead atoms. The van der Waals surface area contributed by atoms with E-state index in [1.807, 2.05) is 12.1 Å². The Labute approximate surface area is 107 Å². The first-order chi connectivity index (χ1) is 8.77. The van der Waals surface area contributed by atoms with E-state index in [0.717, 1.165) is 30.6 Å². The Balaban J connectivity index is 2.00. The summed E-state index contributed by atoms with van der Waals surface area (Å²) in [7, 11) is 1.68. The van der Waals surface area contributed by atoms with Gasteiger partial charge in [-0.15, -0.1) is 0 Å². The molecule has 2 aliphatic rings. The van der Waals surface area contributed by atoms with E-state index in [0.29, 0.717) is 13.2 Å². The van der Waals surface area contributed by atoms with Crippen LogP contribution in [0.4, 0.5) is 0 Å². The number of nitrogens with two attached hydrogens (primary N) is 1. The Morgan fingerprint density at radius 3 is 3.11 bits per heavy atom. The van der Waals surface area contributed by atoms with Crippen molar-refractivity contribution in [2.45, 2.75) is 31.2 Å². The highest BCUT2D eigenvalue weighted by Crippen LogP contribution is 2.44. The lowest BCUT2D eigenvalue weighted by atomic mass is 9.86. The van der Waals surface area contributed by atoms with Crippen LogP contribution < -0.4 is 10.5 Å². The van der Waals surface area contributed by atoms with Gasteiger partial charge >= 0.3 is 0 Å². The molecule has 18 heavy (non-hydrogen) atoms. The van der Waals surface area contributed by atoms with Gasteiger partial charge in [-0.2, -0.15) is 0 Å². The third-order valence-corrected chi connectivity index (χ3v) is 3.80. The molecule has 1 aromatic rings. The number of hydrogen-bond donors (Lipinski definition) is 1. The molecule has 4 heteroatoms.